The smallest absolute Gasteiger partial charge is 0.161 e. The van der Waals surface area contributed by atoms with E-state index in [9.17, 15) is 0 Å². The highest BCUT2D eigenvalue weighted by Gasteiger charge is 2.37. The average Bonchev–Trinajstić information content (AvgIpc) is 3.04. The van der Waals surface area contributed by atoms with Crippen LogP contribution in [0.3, 0.4) is 0 Å². The van der Waals surface area contributed by atoms with Gasteiger partial charge in [-0.3, -0.25) is 0 Å². The molecule has 0 aromatic heterocycles. The number of allylic oxidation sites excluding steroid dienone is 4. The Kier molecular flexibility index (Phi) is 7.15. The van der Waals surface area contributed by atoms with Crippen molar-refractivity contribution in [1.29, 1.82) is 0 Å². The molecule has 142 valence electrons. The minimum absolute atomic E-state index is 0.0142. The van der Waals surface area contributed by atoms with Gasteiger partial charge in [-0.2, -0.15) is 0 Å². The van der Waals surface area contributed by atoms with Crippen molar-refractivity contribution in [1.82, 2.24) is 4.90 Å². The Morgan fingerprint density at radius 3 is 2.76 bits per heavy atom. The third-order valence-corrected chi connectivity index (χ3v) is 6.04. The van der Waals surface area contributed by atoms with Crippen molar-refractivity contribution in [2.24, 2.45) is 11.8 Å². The lowest BCUT2D eigenvalue weighted by molar-refractivity contribution is -0.113. The molecule has 0 saturated carbocycles. The van der Waals surface area contributed by atoms with Crippen LogP contribution in [0.5, 0.6) is 0 Å². The topological polar surface area (TPSA) is 21.7 Å². The number of hydrogen-bond donors (Lipinski definition) is 0. The van der Waals surface area contributed by atoms with Crippen LogP contribution in [0.4, 0.5) is 0 Å². The predicted octanol–water partition coefficient (Wildman–Crippen LogP) is 4.93. The molecule has 0 aromatic rings. The Labute approximate surface area is 154 Å². The van der Waals surface area contributed by atoms with Crippen molar-refractivity contribution in [2.45, 2.75) is 78.1 Å². The van der Waals surface area contributed by atoms with Gasteiger partial charge < -0.3 is 14.4 Å². The Morgan fingerprint density at radius 1 is 1.24 bits per heavy atom. The molecule has 0 bridgehead atoms. The van der Waals surface area contributed by atoms with E-state index in [-0.39, 0.29) is 12.4 Å². The maximum atomic E-state index is 6.32. The van der Waals surface area contributed by atoms with Crippen molar-refractivity contribution >= 4 is 0 Å². The Hall–Kier alpha value is -0.640. The zero-order valence-electron chi connectivity index (χ0n) is 16.5. The standard InChI is InChI=1S/C22H37NO2/c1-17(2)8-7-9-19-10-11-21(18(3)14-19)22-24-16-20(25-22)15-23-12-5-4-6-13-23/h8,10,18,20-22H,4-7,9,11-16H2,1-3H3/t18-,20+,21-,22-/m1/s1. The van der Waals surface area contributed by atoms with Gasteiger partial charge in [-0.25, -0.2) is 0 Å². The molecule has 0 radical (unpaired) electrons. The van der Waals surface area contributed by atoms with Gasteiger partial charge in [0.15, 0.2) is 6.29 Å². The van der Waals surface area contributed by atoms with E-state index in [1.165, 1.54) is 57.2 Å². The second kappa shape index (κ2) is 9.34. The molecule has 1 aliphatic carbocycles. The number of nitrogens with zero attached hydrogens (tertiary/aromatic N) is 1. The number of piperidine rings is 1. The maximum absolute atomic E-state index is 6.32. The highest BCUT2D eigenvalue weighted by Crippen LogP contribution is 2.37. The minimum Gasteiger partial charge on any atom is -0.350 e. The van der Waals surface area contributed by atoms with Crippen molar-refractivity contribution in [3.05, 3.63) is 23.3 Å². The van der Waals surface area contributed by atoms with Crippen molar-refractivity contribution in [3.63, 3.8) is 0 Å². The minimum atomic E-state index is 0.0142. The summed E-state index contributed by atoms with van der Waals surface area (Å²) >= 11 is 0. The first-order chi connectivity index (χ1) is 12.1. The molecule has 2 saturated heterocycles. The van der Waals surface area contributed by atoms with Crippen LogP contribution >= 0.6 is 0 Å². The lowest BCUT2D eigenvalue weighted by Crippen LogP contribution is -2.38. The third kappa shape index (κ3) is 5.67. The van der Waals surface area contributed by atoms with Gasteiger partial charge >= 0.3 is 0 Å². The molecule has 0 unspecified atom stereocenters. The Balaban J connectivity index is 1.45. The predicted molar refractivity (Wildman–Crippen MR) is 104 cm³/mol. The number of hydrogen-bond acceptors (Lipinski definition) is 3. The monoisotopic (exact) mass is 347 g/mol. The van der Waals surface area contributed by atoms with E-state index >= 15 is 0 Å². The van der Waals surface area contributed by atoms with Crippen LogP contribution in [-0.2, 0) is 9.47 Å². The van der Waals surface area contributed by atoms with Crippen molar-refractivity contribution in [3.8, 4) is 0 Å². The van der Waals surface area contributed by atoms with E-state index < -0.39 is 0 Å². The molecule has 2 aliphatic heterocycles. The molecule has 0 spiro atoms. The van der Waals surface area contributed by atoms with E-state index in [1.54, 1.807) is 5.57 Å². The van der Waals surface area contributed by atoms with Gasteiger partial charge in [0.25, 0.3) is 0 Å². The molecule has 3 nitrogen and oxygen atoms in total. The molecule has 4 atom stereocenters. The second-order valence-electron chi connectivity index (χ2n) is 8.58. The van der Waals surface area contributed by atoms with Crippen LogP contribution in [0.1, 0.15) is 65.7 Å². The molecule has 0 N–H and O–H groups in total. The van der Waals surface area contributed by atoms with Gasteiger partial charge in [0.05, 0.1) is 12.7 Å². The largest absolute Gasteiger partial charge is 0.350 e. The molecule has 2 fully saturated rings. The zero-order valence-corrected chi connectivity index (χ0v) is 16.5. The summed E-state index contributed by atoms with van der Waals surface area (Å²) in [5.74, 6) is 1.18. The molecular formula is C22H37NO2. The molecule has 25 heavy (non-hydrogen) atoms. The molecule has 3 heteroatoms. The Bertz CT molecular complexity index is 474. The fraction of sp³-hybridized carbons (Fsp3) is 0.818. The van der Waals surface area contributed by atoms with E-state index in [1.807, 2.05) is 0 Å². The van der Waals surface area contributed by atoms with Gasteiger partial charge in [-0.1, -0.05) is 36.6 Å². The normalized spacial score (nSPS) is 34.0. The summed E-state index contributed by atoms with van der Waals surface area (Å²) in [5, 5.41) is 0. The average molecular weight is 348 g/mol. The van der Waals surface area contributed by atoms with Crippen LogP contribution < -0.4 is 0 Å². The van der Waals surface area contributed by atoms with Crippen LogP contribution in [0.2, 0.25) is 0 Å². The summed E-state index contributed by atoms with van der Waals surface area (Å²) in [6, 6.07) is 0. The number of ether oxygens (including phenoxy) is 2. The summed E-state index contributed by atoms with van der Waals surface area (Å²) in [6.45, 7) is 11.1. The highest BCUT2D eigenvalue weighted by atomic mass is 16.7. The summed E-state index contributed by atoms with van der Waals surface area (Å²) < 4.78 is 12.4. The molecule has 3 rings (SSSR count). The van der Waals surface area contributed by atoms with Crippen LogP contribution in [-0.4, -0.2) is 43.5 Å². The van der Waals surface area contributed by atoms with Gasteiger partial charge in [-0.15, -0.1) is 0 Å². The van der Waals surface area contributed by atoms with Gasteiger partial charge in [0.2, 0.25) is 0 Å². The summed E-state index contributed by atoms with van der Waals surface area (Å²) in [6.07, 6.45) is 13.9. The number of rotatable bonds is 6. The van der Waals surface area contributed by atoms with Gasteiger partial charge in [0, 0.05) is 12.5 Å². The lowest BCUT2D eigenvalue weighted by Gasteiger charge is -2.32. The van der Waals surface area contributed by atoms with E-state index in [0.29, 0.717) is 11.8 Å². The SMILES string of the molecule is CC(C)=CCCC1=CC[C@@H]([C@@H]2OC[C@H](CN3CCCCC3)O2)[C@H](C)C1. The van der Waals surface area contributed by atoms with Crippen LogP contribution in [0, 0.1) is 11.8 Å². The fourth-order valence-electron chi connectivity index (χ4n) is 4.53. The highest BCUT2D eigenvalue weighted by molar-refractivity contribution is 5.10. The van der Waals surface area contributed by atoms with Crippen LogP contribution in [0.15, 0.2) is 23.3 Å². The summed E-state index contributed by atoms with van der Waals surface area (Å²) in [5.41, 5.74) is 3.05. The van der Waals surface area contributed by atoms with E-state index in [2.05, 4.69) is 37.8 Å². The van der Waals surface area contributed by atoms with Crippen LogP contribution in [0.25, 0.3) is 0 Å². The Morgan fingerprint density at radius 2 is 2.04 bits per heavy atom. The van der Waals surface area contributed by atoms with Gasteiger partial charge in [-0.05, 0) is 71.4 Å². The first-order valence-corrected chi connectivity index (χ1v) is 10.4. The van der Waals surface area contributed by atoms with E-state index in [0.717, 1.165) is 19.6 Å². The molecular weight excluding hydrogens is 310 g/mol. The third-order valence-electron chi connectivity index (χ3n) is 6.04. The second-order valence-corrected chi connectivity index (χ2v) is 8.58. The lowest BCUT2D eigenvalue weighted by atomic mass is 9.79. The summed E-state index contributed by atoms with van der Waals surface area (Å²) in [7, 11) is 0. The summed E-state index contributed by atoms with van der Waals surface area (Å²) in [4.78, 5) is 2.56. The van der Waals surface area contributed by atoms with E-state index in [4.69, 9.17) is 9.47 Å². The van der Waals surface area contributed by atoms with Gasteiger partial charge in [0.1, 0.15) is 0 Å². The quantitative estimate of drug-likeness (QED) is 0.636. The molecule has 0 amide bonds. The maximum Gasteiger partial charge on any atom is 0.161 e. The van der Waals surface area contributed by atoms with Crippen molar-refractivity contribution < 1.29 is 9.47 Å². The number of likely N-dealkylation sites (tertiary alicyclic amines) is 1. The first kappa shape index (κ1) is 19.1. The molecule has 2 heterocycles. The molecule has 0 aromatic carbocycles. The zero-order chi connectivity index (χ0) is 17.6. The molecule has 3 aliphatic rings. The fourth-order valence-corrected chi connectivity index (χ4v) is 4.53. The van der Waals surface area contributed by atoms with Crippen molar-refractivity contribution in [2.75, 3.05) is 26.2 Å². The first-order valence-electron chi connectivity index (χ1n) is 10.4.